The van der Waals surface area contributed by atoms with Crippen LogP contribution in [0.2, 0.25) is 0 Å². The number of piperidine rings is 1. The third-order valence-electron chi connectivity index (χ3n) is 5.04. The predicted octanol–water partition coefficient (Wildman–Crippen LogP) is 3.64. The molecule has 0 aliphatic carbocycles. The number of rotatable bonds is 8. The second-order valence-corrected chi connectivity index (χ2v) is 7.07. The van der Waals surface area contributed by atoms with Crippen LogP contribution in [0.5, 0.6) is 0 Å². The highest BCUT2D eigenvalue weighted by atomic mass is 16.4. The van der Waals surface area contributed by atoms with Crippen molar-refractivity contribution in [3.05, 3.63) is 24.3 Å². The van der Waals surface area contributed by atoms with Crippen molar-refractivity contribution in [3.8, 4) is 0 Å². The summed E-state index contributed by atoms with van der Waals surface area (Å²) in [5.41, 5.74) is 4.32. The van der Waals surface area contributed by atoms with Gasteiger partial charge in [-0.05, 0) is 44.7 Å². The van der Waals surface area contributed by atoms with Crippen molar-refractivity contribution < 1.29 is 9.90 Å². The molecular weight excluding hydrogens is 342 g/mol. The van der Waals surface area contributed by atoms with Gasteiger partial charge in [0.05, 0.1) is 23.2 Å². The average molecular weight is 374 g/mol. The number of amidine groups is 1. The number of likely N-dealkylation sites (tertiary alicyclic amines) is 1. The molecule has 27 heavy (non-hydrogen) atoms. The number of carboxylic acids is 1. The number of nitrogens with two attached hydrogens (primary N) is 1. The number of hydrazine groups is 1. The van der Waals surface area contributed by atoms with E-state index in [1.165, 1.54) is 0 Å². The minimum atomic E-state index is -0.872. The first kappa shape index (κ1) is 20.9. The van der Waals surface area contributed by atoms with Gasteiger partial charge in [0, 0.05) is 18.8 Å². The van der Waals surface area contributed by atoms with Crippen molar-refractivity contribution in [3.63, 3.8) is 0 Å². The SMILES string of the molecule is CCCC(C(=O)O)C(C(C)=N)C(=Nc1ccccc1NN)N1CCCCC1. The fraction of sp³-hybridized carbons (Fsp3) is 0.550. The quantitative estimate of drug-likeness (QED) is 0.240. The van der Waals surface area contributed by atoms with E-state index in [0.29, 0.717) is 29.3 Å². The number of carboxylic acid groups (broad SMARTS) is 1. The van der Waals surface area contributed by atoms with Crippen LogP contribution in [-0.4, -0.2) is 40.6 Å². The maximum atomic E-state index is 12.0. The van der Waals surface area contributed by atoms with Gasteiger partial charge in [0.2, 0.25) is 0 Å². The average Bonchev–Trinajstić information content (AvgIpc) is 2.67. The molecule has 1 aromatic carbocycles. The van der Waals surface area contributed by atoms with Gasteiger partial charge in [0.1, 0.15) is 5.84 Å². The van der Waals surface area contributed by atoms with Crippen LogP contribution in [0.15, 0.2) is 29.3 Å². The molecule has 0 amide bonds. The standard InChI is InChI=1S/C20H31N5O2/c1-3-9-15(20(26)27)18(14(2)21)19(25-12-7-4-8-13-25)23-16-10-5-6-11-17(16)24-22/h5-6,10-11,15,18,21,24H,3-4,7-9,12-13,22H2,1-2H3,(H,26,27). The molecule has 148 valence electrons. The second-order valence-electron chi connectivity index (χ2n) is 7.07. The van der Waals surface area contributed by atoms with E-state index in [1.807, 2.05) is 31.2 Å². The van der Waals surface area contributed by atoms with E-state index in [9.17, 15) is 9.90 Å². The summed E-state index contributed by atoms with van der Waals surface area (Å²) >= 11 is 0. The number of carbonyl (C=O) groups is 1. The zero-order valence-electron chi connectivity index (χ0n) is 16.2. The highest BCUT2D eigenvalue weighted by Crippen LogP contribution is 2.30. The molecule has 0 spiro atoms. The molecule has 1 aliphatic rings. The lowest BCUT2D eigenvalue weighted by molar-refractivity contribution is -0.142. The number of nitrogens with one attached hydrogen (secondary N) is 2. The third kappa shape index (κ3) is 5.29. The molecule has 2 unspecified atom stereocenters. The second kappa shape index (κ2) is 10.1. The largest absolute Gasteiger partial charge is 0.481 e. The lowest BCUT2D eigenvalue weighted by Gasteiger charge is -2.36. The van der Waals surface area contributed by atoms with Crippen molar-refractivity contribution in [2.45, 2.75) is 46.0 Å². The molecule has 1 aliphatic heterocycles. The topological polar surface area (TPSA) is 115 Å². The molecule has 0 bridgehead atoms. The van der Waals surface area contributed by atoms with Crippen LogP contribution in [0.4, 0.5) is 11.4 Å². The van der Waals surface area contributed by atoms with Gasteiger partial charge in [-0.1, -0.05) is 25.5 Å². The van der Waals surface area contributed by atoms with Crippen molar-refractivity contribution in [2.24, 2.45) is 22.7 Å². The van der Waals surface area contributed by atoms with Gasteiger partial charge in [-0.15, -0.1) is 0 Å². The van der Waals surface area contributed by atoms with Crippen molar-refractivity contribution in [1.82, 2.24) is 4.90 Å². The van der Waals surface area contributed by atoms with E-state index < -0.39 is 17.8 Å². The van der Waals surface area contributed by atoms with Crippen LogP contribution in [0.25, 0.3) is 0 Å². The van der Waals surface area contributed by atoms with Crippen LogP contribution in [0, 0.1) is 17.2 Å². The first-order chi connectivity index (χ1) is 13.0. The molecule has 1 heterocycles. The molecule has 7 nitrogen and oxygen atoms in total. The highest BCUT2D eigenvalue weighted by Gasteiger charge is 2.36. The van der Waals surface area contributed by atoms with Crippen molar-refractivity contribution in [2.75, 3.05) is 18.5 Å². The summed E-state index contributed by atoms with van der Waals surface area (Å²) in [6, 6.07) is 7.43. The molecule has 0 aromatic heterocycles. The number of aliphatic imine (C=N–C) groups is 1. The van der Waals surface area contributed by atoms with Crippen molar-refractivity contribution in [1.29, 1.82) is 5.41 Å². The van der Waals surface area contributed by atoms with Crippen LogP contribution < -0.4 is 11.3 Å². The minimum absolute atomic E-state index is 0.332. The molecule has 2 rings (SSSR count). The normalized spacial score (nSPS) is 17.3. The summed E-state index contributed by atoms with van der Waals surface area (Å²) < 4.78 is 0. The Labute approximate surface area is 161 Å². The smallest absolute Gasteiger partial charge is 0.307 e. The van der Waals surface area contributed by atoms with Gasteiger partial charge in [-0.2, -0.15) is 0 Å². The van der Waals surface area contributed by atoms with E-state index >= 15 is 0 Å². The molecule has 0 saturated carbocycles. The predicted molar refractivity (Wildman–Crippen MR) is 110 cm³/mol. The number of anilines is 1. The van der Waals surface area contributed by atoms with Crippen LogP contribution in [0.3, 0.4) is 0 Å². The first-order valence-electron chi connectivity index (χ1n) is 9.66. The van der Waals surface area contributed by atoms with Gasteiger partial charge < -0.3 is 20.8 Å². The van der Waals surface area contributed by atoms with Crippen molar-refractivity contribution >= 4 is 28.9 Å². The Balaban J connectivity index is 2.56. The number of nitrogens with zero attached hydrogens (tertiary/aromatic N) is 2. The lowest BCUT2D eigenvalue weighted by Crippen LogP contribution is -2.46. The maximum Gasteiger partial charge on any atom is 0.307 e. The zero-order valence-corrected chi connectivity index (χ0v) is 16.2. The summed E-state index contributed by atoms with van der Waals surface area (Å²) in [5.74, 6) is 4.22. The van der Waals surface area contributed by atoms with E-state index in [4.69, 9.17) is 16.2 Å². The number of hydrogen-bond donors (Lipinski definition) is 4. The highest BCUT2D eigenvalue weighted by molar-refractivity contribution is 6.08. The van der Waals surface area contributed by atoms with Crippen LogP contribution in [0.1, 0.15) is 46.0 Å². The number of aliphatic carboxylic acids is 1. The lowest BCUT2D eigenvalue weighted by atomic mass is 9.83. The Morgan fingerprint density at radius 2 is 2.00 bits per heavy atom. The Morgan fingerprint density at radius 1 is 1.33 bits per heavy atom. The number of nitrogen functional groups attached to an aromatic ring is 1. The summed E-state index contributed by atoms with van der Waals surface area (Å²) in [4.78, 5) is 19.0. The molecule has 7 heteroatoms. The Bertz CT molecular complexity index is 683. The van der Waals surface area contributed by atoms with Crippen LogP contribution in [-0.2, 0) is 4.79 Å². The minimum Gasteiger partial charge on any atom is -0.481 e. The Hall–Kier alpha value is -2.41. The van der Waals surface area contributed by atoms with E-state index in [1.54, 1.807) is 6.92 Å². The van der Waals surface area contributed by atoms with Gasteiger partial charge in [0.25, 0.3) is 0 Å². The summed E-state index contributed by atoms with van der Waals surface area (Å²) in [5, 5.41) is 18.2. The van der Waals surface area contributed by atoms with Gasteiger partial charge in [-0.3, -0.25) is 10.6 Å². The summed E-state index contributed by atoms with van der Waals surface area (Å²) in [6.07, 6.45) is 4.52. The fourth-order valence-corrected chi connectivity index (χ4v) is 3.70. The maximum absolute atomic E-state index is 12.0. The molecule has 1 aromatic rings. The number of benzene rings is 1. The monoisotopic (exact) mass is 373 g/mol. The molecule has 1 fully saturated rings. The molecule has 0 radical (unpaired) electrons. The van der Waals surface area contributed by atoms with E-state index in [0.717, 1.165) is 38.8 Å². The summed E-state index contributed by atoms with van der Waals surface area (Å²) in [7, 11) is 0. The number of para-hydroxylation sites is 2. The Morgan fingerprint density at radius 3 is 2.56 bits per heavy atom. The fourth-order valence-electron chi connectivity index (χ4n) is 3.70. The molecular formula is C20H31N5O2. The Kier molecular flexibility index (Phi) is 7.79. The van der Waals surface area contributed by atoms with E-state index in [2.05, 4.69) is 10.3 Å². The zero-order chi connectivity index (χ0) is 19.8. The van der Waals surface area contributed by atoms with Gasteiger partial charge in [-0.25, -0.2) is 4.99 Å². The van der Waals surface area contributed by atoms with Gasteiger partial charge >= 0.3 is 5.97 Å². The molecule has 5 N–H and O–H groups in total. The molecule has 1 saturated heterocycles. The number of hydrogen-bond acceptors (Lipinski definition) is 5. The van der Waals surface area contributed by atoms with Gasteiger partial charge in [0.15, 0.2) is 0 Å². The summed E-state index contributed by atoms with van der Waals surface area (Å²) in [6.45, 7) is 5.32. The first-order valence-corrected chi connectivity index (χ1v) is 9.66. The van der Waals surface area contributed by atoms with Crippen LogP contribution >= 0.6 is 0 Å². The molecule has 2 atom stereocenters. The van der Waals surface area contributed by atoms with E-state index in [-0.39, 0.29) is 0 Å². The third-order valence-corrected chi connectivity index (χ3v) is 5.04.